The highest BCUT2D eigenvalue weighted by Crippen LogP contribution is 2.49. The standard InChI is InChI=1S/C34H26N2O6/c1-2-3-4-5-6-11-16-36-33(39)26-22-18-13-8-10-15-20(18)41-29(22)27-23-24(26)28(34(36)40)30-21(25(23)31(37)35-32(27)38)17-12-7-9-14-19(17)42-30/h7-10,12-15H,2-6,11,16H2,1H3,(H,35,37,38). The van der Waals surface area contributed by atoms with Gasteiger partial charge in [-0.15, -0.1) is 0 Å². The lowest BCUT2D eigenvalue weighted by molar-refractivity contribution is 0.0608. The summed E-state index contributed by atoms with van der Waals surface area (Å²) in [6.45, 7) is 2.42. The number of carbonyl (C=O) groups excluding carboxylic acids is 4. The summed E-state index contributed by atoms with van der Waals surface area (Å²) in [6, 6.07) is 14.5. The Morgan fingerprint density at radius 2 is 1.12 bits per heavy atom. The van der Waals surface area contributed by atoms with Gasteiger partial charge in [-0.25, -0.2) is 0 Å². The van der Waals surface area contributed by atoms with Gasteiger partial charge in [0.15, 0.2) is 0 Å². The zero-order chi connectivity index (χ0) is 28.7. The number of fused-ring (bicyclic) bond motifs is 10. The summed E-state index contributed by atoms with van der Waals surface area (Å²) in [5, 5.41) is 5.23. The van der Waals surface area contributed by atoms with E-state index in [4.69, 9.17) is 8.83 Å². The Hall–Kier alpha value is -4.98. The number of benzene rings is 4. The molecule has 2 aromatic heterocycles. The van der Waals surface area contributed by atoms with Gasteiger partial charge in [0.1, 0.15) is 22.3 Å². The van der Waals surface area contributed by atoms with Crippen molar-refractivity contribution in [3.8, 4) is 0 Å². The van der Waals surface area contributed by atoms with Crippen LogP contribution in [-0.4, -0.2) is 35.1 Å². The van der Waals surface area contributed by atoms with Gasteiger partial charge in [0.05, 0.1) is 22.3 Å². The van der Waals surface area contributed by atoms with E-state index in [2.05, 4.69) is 12.2 Å². The second-order valence-corrected chi connectivity index (χ2v) is 11.2. The van der Waals surface area contributed by atoms with Crippen LogP contribution in [0.3, 0.4) is 0 Å². The van der Waals surface area contributed by atoms with Crippen LogP contribution in [0.25, 0.3) is 54.6 Å². The lowest BCUT2D eigenvalue weighted by Gasteiger charge is -2.30. The van der Waals surface area contributed by atoms with E-state index in [1.54, 1.807) is 12.1 Å². The molecule has 0 saturated carbocycles. The number of nitrogens with one attached hydrogen (secondary N) is 1. The number of rotatable bonds is 7. The predicted octanol–water partition coefficient (Wildman–Crippen LogP) is 7.48. The minimum atomic E-state index is -0.629. The second kappa shape index (κ2) is 9.01. The largest absolute Gasteiger partial charge is 0.455 e. The molecule has 0 radical (unpaired) electrons. The van der Waals surface area contributed by atoms with Crippen LogP contribution < -0.4 is 5.32 Å². The van der Waals surface area contributed by atoms with Crippen LogP contribution in [0, 0.1) is 0 Å². The quantitative estimate of drug-likeness (QED) is 0.161. The summed E-state index contributed by atoms with van der Waals surface area (Å²) >= 11 is 0. The monoisotopic (exact) mass is 558 g/mol. The Kier molecular flexibility index (Phi) is 5.32. The molecule has 2 aliphatic rings. The number of unbranched alkanes of at least 4 members (excludes halogenated alkanes) is 5. The third-order valence-corrected chi connectivity index (χ3v) is 8.73. The molecular formula is C34H26N2O6. The van der Waals surface area contributed by atoms with Crippen LogP contribution in [0.4, 0.5) is 0 Å². The van der Waals surface area contributed by atoms with Crippen molar-refractivity contribution in [3.05, 3.63) is 70.8 Å². The number of imide groups is 2. The van der Waals surface area contributed by atoms with Crippen molar-refractivity contribution in [2.24, 2.45) is 0 Å². The van der Waals surface area contributed by atoms with Crippen molar-refractivity contribution in [2.45, 2.75) is 45.4 Å². The Bertz CT molecular complexity index is 2190. The highest BCUT2D eigenvalue weighted by Gasteiger charge is 2.44. The molecule has 0 bridgehead atoms. The van der Waals surface area contributed by atoms with Crippen LogP contribution in [0.15, 0.2) is 57.4 Å². The molecule has 0 saturated heterocycles. The molecule has 8 nitrogen and oxygen atoms in total. The molecule has 8 rings (SSSR count). The molecule has 208 valence electrons. The first kappa shape index (κ1) is 24.8. The van der Waals surface area contributed by atoms with Crippen molar-refractivity contribution < 1.29 is 28.0 Å². The molecule has 1 N–H and O–H groups in total. The Labute approximate surface area is 239 Å². The predicted molar refractivity (Wildman–Crippen MR) is 159 cm³/mol. The summed E-state index contributed by atoms with van der Waals surface area (Å²) in [4.78, 5) is 57.1. The molecule has 0 aliphatic carbocycles. The van der Waals surface area contributed by atoms with Crippen molar-refractivity contribution in [2.75, 3.05) is 6.54 Å². The minimum absolute atomic E-state index is 0.146. The molecule has 4 aromatic carbocycles. The van der Waals surface area contributed by atoms with Gasteiger partial charge in [0.2, 0.25) is 0 Å². The van der Waals surface area contributed by atoms with E-state index in [0.29, 0.717) is 39.1 Å². The molecule has 42 heavy (non-hydrogen) atoms. The zero-order valence-electron chi connectivity index (χ0n) is 23.0. The molecule has 2 aliphatic heterocycles. The van der Waals surface area contributed by atoms with Crippen LogP contribution >= 0.6 is 0 Å². The van der Waals surface area contributed by atoms with Gasteiger partial charge >= 0.3 is 0 Å². The molecule has 6 aromatic rings. The second-order valence-electron chi connectivity index (χ2n) is 11.2. The lowest BCUT2D eigenvalue weighted by Crippen LogP contribution is -2.42. The van der Waals surface area contributed by atoms with Crippen LogP contribution in [0.5, 0.6) is 0 Å². The average Bonchev–Trinajstić information content (AvgIpc) is 3.56. The minimum Gasteiger partial charge on any atom is -0.455 e. The van der Waals surface area contributed by atoms with Gasteiger partial charge in [-0.2, -0.15) is 0 Å². The number of amides is 4. The Morgan fingerprint density at radius 3 is 1.81 bits per heavy atom. The fourth-order valence-corrected chi connectivity index (χ4v) is 6.87. The highest BCUT2D eigenvalue weighted by atomic mass is 16.3. The summed E-state index contributed by atoms with van der Waals surface area (Å²) in [7, 11) is 0. The molecule has 0 atom stereocenters. The normalized spacial score (nSPS) is 14.8. The van der Waals surface area contributed by atoms with Gasteiger partial charge in [0.25, 0.3) is 23.6 Å². The zero-order valence-corrected chi connectivity index (χ0v) is 23.0. The van der Waals surface area contributed by atoms with Crippen molar-refractivity contribution in [3.63, 3.8) is 0 Å². The third-order valence-electron chi connectivity index (χ3n) is 8.73. The molecule has 8 heteroatoms. The average molecular weight is 559 g/mol. The molecular weight excluding hydrogens is 532 g/mol. The maximum absolute atomic E-state index is 14.4. The van der Waals surface area contributed by atoms with E-state index in [1.165, 1.54) is 4.90 Å². The fraction of sp³-hybridized carbons (Fsp3) is 0.235. The maximum atomic E-state index is 14.4. The van der Waals surface area contributed by atoms with Gasteiger partial charge in [-0.3, -0.25) is 29.4 Å². The Balaban J connectivity index is 1.51. The smallest absolute Gasteiger partial charge is 0.265 e. The van der Waals surface area contributed by atoms with E-state index >= 15 is 0 Å². The number of carbonyl (C=O) groups is 4. The highest BCUT2D eigenvalue weighted by molar-refractivity contribution is 6.45. The fourth-order valence-electron chi connectivity index (χ4n) is 6.87. The molecule has 4 heterocycles. The Morgan fingerprint density at radius 1 is 0.595 bits per heavy atom. The topological polar surface area (TPSA) is 110 Å². The number of furan rings is 2. The molecule has 0 fully saturated rings. The third kappa shape index (κ3) is 3.17. The summed E-state index contributed by atoms with van der Waals surface area (Å²) in [6.07, 6.45) is 6.01. The van der Waals surface area contributed by atoms with E-state index in [9.17, 15) is 19.2 Å². The van der Waals surface area contributed by atoms with E-state index in [1.807, 2.05) is 36.4 Å². The van der Waals surface area contributed by atoms with Gasteiger partial charge in [0, 0.05) is 38.9 Å². The van der Waals surface area contributed by atoms with Crippen LogP contribution in [0.1, 0.15) is 86.9 Å². The van der Waals surface area contributed by atoms with E-state index in [0.717, 1.165) is 32.1 Å². The summed E-state index contributed by atoms with van der Waals surface area (Å²) < 4.78 is 12.6. The van der Waals surface area contributed by atoms with Crippen LogP contribution in [0.2, 0.25) is 0 Å². The van der Waals surface area contributed by atoms with Gasteiger partial charge < -0.3 is 8.83 Å². The van der Waals surface area contributed by atoms with E-state index < -0.39 is 23.6 Å². The SMILES string of the molecule is CCCCCCCCN1C(=O)c2c3oc4ccccc4c3c3c4c(c5oc6ccccc6c5c(c24)C1=O)C(=O)NC3=O. The van der Waals surface area contributed by atoms with Crippen molar-refractivity contribution in [1.29, 1.82) is 0 Å². The van der Waals surface area contributed by atoms with Crippen molar-refractivity contribution in [1.82, 2.24) is 10.2 Å². The van der Waals surface area contributed by atoms with Gasteiger partial charge in [-0.05, 0) is 18.6 Å². The first-order valence-corrected chi connectivity index (χ1v) is 14.5. The summed E-state index contributed by atoms with van der Waals surface area (Å²) in [5.41, 5.74) is 2.30. The first-order valence-electron chi connectivity index (χ1n) is 14.5. The molecule has 4 amide bonds. The number of hydrogen-bond acceptors (Lipinski definition) is 6. The van der Waals surface area contributed by atoms with Gasteiger partial charge in [-0.1, -0.05) is 75.4 Å². The van der Waals surface area contributed by atoms with Crippen molar-refractivity contribution >= 4 is 78.3 Å². The number of para-hydroxylation sites is 2. The van der Waals surface area contributed by atoms with Crippen LogP contribution in [-0.2, 0) is 0 Å². The molecule has 0 spiro atoms. The first-order chi connectivity index (χ1) is 20.5. The number of hydrogen-bond donors (Lipinski definition) is 1. The number of nitrogens with zero attached hydrogens (tertiary/aromatic N) is 1. The lowest BCUT2D eigenvalue weighted by atomic mass is 9.82. The maximum Gasteiger partial charge on any atom is 0.265 e. The molecule has 0 unspecified atom stereocenters. The summed E-state index contributed by atoms with van der Waals surface area (Å²) in [5.74, 6) is -2.17. The van der Waals surface area contributed by atoms with E-state index in [-0.39, 0.29) is 50.7 Å².